The summed E-state index contributed by atoms with van der Waals surface area (Å²) in [6.45, 7) is 13.0. The van der Waals surface area contributed by atoms with Gasteiger partial charge in [-0.1, -0.05) is 26.0 Å². The summed E-state index contributed by atoms with van der Waals surface area (Å²) < 4.78 is 23.2. The minimum absolute atomic E-state index is 0.0229. The number of hydrogen-bond acceptors (Lipinski definition) is 10. The molecular weight excluding hydrogens is 532 g/mol. The average Bonchev–Trinajstić information content (AvgIpc) is 2.98. The molecule has 12 heteroatoms. The quantitative estimate of drug-likeness (QED) is 0.514. The monoisotopic (exact) mass is 578 g/mol. The van der Waals surface area contributed by atoms with Crippen molar-refractivity contribution < 1.29 is 38.7 Å². The highest BCUT2D eigenvalue weighted by Crippen LogP contribution is 2.18. The summed E-state index contributed by atoms with van der Waals surface area (Å²) in [6.07, 6.45) is 3.08. The van der Waals surface area contributed by atoms with Crippen molar-refractivity contribution in [1.29, 1.82) is 0 Å². The predicted molar refractivity (Wildman–Crippen MR) is 155 cm³/mol. The lowest BCUT2D eigenvalue weighted by molar-refractivity contribution is -0.132. The van der Waals surface area contributed by atoms with E-state index in [1.807, 2.05) is 26.8 Å². The number of hydrogen-bond donors (Lipinski definition) is 2. The van der Waals surface area contributed by atoms with Crippen molar-refractivity contribution in [3.8, 4) is 0 Å². The zero-order valence-electron chi connectivity index (χ0n) is 24.6. The molecular formula is C29H46N4O8. The van der Waals surface area contributed by atoms with E-state index in [4.69, 9.17) is 18.9 Å². The van der Waals surface area contributed by atoms with Crippen LogP contribution in [0.5, 0.6) is 0 Å². The normalized spacial score (nSPS) is 20.3. The maximum Gasteiger partial charge on any atom is 0.354 e. The van der Waals surface area contributed by atoms with Gasteiger partial charge in [0.2, 0.25) is 0 Å². The molecule has 230 valence electrons. The van der Waals surface area contributed by atoms with E-state index in [0.29, 0.717) is 97.7 Å². The SMILES string of the molecule is CC.CC(c1cccc(C(=O)O)n1)N1CCOCCOCCN(CC2=NC(C(=O)O)=CCC2)CCOCCOCC1. The zero-order chi connectivity index (χ0) is 29.9. The third kappa shape index (κ3) is 13.2. The molecule has 0 aliphatic carbocycles. The summed E-state index contributed by atoms with van der Waals surface area (Å²) in [6, 6.07) is 4.91. The Morgan fingerprint density at radius 3 is 1.95 bits per heavy atom. The van der Waals surface area contributed by atoms with Crippen LogP contribution in [0.4, 0.5) is 0 Å². The van der Waals surface area contributed by atoms with Crippen LogP contribution in [-0.2, 0) is 23.7 Å². The van der Waals surface area contributed by atoms with Gasteiger partial charge in [-0.15, -0.1) is 0 Å². The van der Waals surface area contributed by atoms with Crippen molar-refractivity contribution in [2.45, 2.75) is 39.7 Å². The van der Waals surface area contributed by atoms with Crippen molar-refractivity contribution in [2.75, 3.05) is 85.6 Å². The summed E-state index contributed by atoms with van der Waals surface area (Å²) in [4.78, 5) is 35.6. The van der Waals surface area contributed by atoms with Gasteiger partial charge in [-0.05, 0) is 31.9 Å². The molecule has 1 fully saturated rings. The molecule has 1 unspecified atom stereocenters. The van der Waals surface area contributed by atoms with Gasteiger partial charge in [0.1, 0.15) is 11.4 Å². The summed E-state index contributed by atoms with van der Waals surface area (Å²) in [5.41, 5.74) is 1.67. The highest BCUT2D eigenvalue weighted by molar-refractivity contribution is 5.95. The van der Waals surface area contributed by atoms with Crippen molar-refractivity contribution in [2.24, 2.45) is 4.99 Å². The molecule has 3 rings (SSSR count). The van der Waals surface area contributed by atoms with Crippen LogP contribution >= 0.6 is 0 Å². The number of aliphatic imine (C=N–C) groups is 1. The van der Waals surface area contributed by atoms with Gasteiger partial charge >= 0.3 is 11.9 Å². The van der Waals surface area contributed by atoms with Gasteiger partial charge in [0.25, 0.3) is 0 Å². The van der Waals surface area contributed by atoms with E-state index in [1.165, 1.54) is 6.07 Å². The number of rotatable bonds is 6. The fraction of sp³-hybridized carbons (Fsp3) is 0.655. The molecule has 2 aliphatic heterocycles. The first-order valence-electron chi connectivity index (χ1n) is 14.4. The fourth-order valence-electron chi connectivity index (χ4n) is 4.31. The van der Waals surface area contributed by atoms with Gasteiger partial charge in [0, 0.05) is 44.5 Å². The minimum Gasteiger partial charge on any atom is -0.477 e. The lowest BCUT2D eigenvalue weighted by Gasteiger charge is -2.29. The Labute approximate surface area is 242 Å². The second kappa shape index (κ2) is 20.2. The van der Waals surface area contributed by atoms with Crippen molar-refractivity contribution >= 4 is 17.7 Å². The molecule has 0 spiro atoms. The number of carboxylic acid groups (broad SMARTS) is 2. The molecule has 2 N–H and O–H groups in total. The molecule has 1 saturated heterocycles. The Morgan fingerprint density at radius 1 is 0.854 bits per heavy atom. The standard InChI is InChI=1S/C27H40N4O8.C2H6/c1-21(23-5-3-7-25(29-23)27(34)35)31-10-14-38-18-16-36-12-8-30(9-13-37-17-19-39-15-11-31)20-22-4-2-6-24(28-22)26(32)33;1-2/h3,5-7,21H,2,4,8-20H2,1H3,(H,32,33)(H,34,35);1-2H3. The molecule has 1 aromatic rings. The fourth-order valence-corrected chi connectivity index (χ4v) is 4.31. The van der Waals surface area contributed by atoms with Gasteiger partial charge in [-0.3, -0.25) is 9.80 Å². The molecule has 0 bridgehead atoms. The number of nitrogens with zero attached hydrogens (tertiary/aromatic N) is 4. The summed E-state index contributed by atoms with van der Waals surface area (Å²) >= 11 is 0. The number of aromatic nitrogens is 1. The lowest BCUT2D eigenvalue weighted by atomic mass is 10.1. The van der Waals surface area contributed by atoms with Crippen LogP contribution in [0.3, 0.4) is 0 Å². The third-order valence-corrected chi connectivity index (χ3v) is 6.53. The highest BCUT2D eigenvalue weighted by Gasteiger charge is 2.19. The van der Waals surface area contributed by atoms with Crippen LogP contribution in [0.1, 0.15) is 55.8 Å². The van der Waals surface area contributed by atoms with Crippen molar-refractivity contribution in [3.05, 3.63) is 41.4 Å². The van der Waals surface area contributed by atoms with Crippen LogP contribution < -0.4 is 0 Å². The number of pyridine rings is 1. The highest BCUT2D eigenvalue weighted by atomic mass is 16.5. The number of aliphatic carboxylic acids is 1. The van der Waals surface area contributed by atoms with E-state index in [1.54, 1.807) is 12.1 Å². The first-order valence-corrected chi connectivity index (χ1v) is 14.4. The van der Waals surface area contributed by atoms with Gasteiger partial charge in [0.05, 0.1) is 58.5 Å². The molecule has 3 heterocycles. The molecule has 0 radical (unpaired) electrons. The predicted octanol–water partition coefficient (Wildman–Crippen LogP) is 2.75. The third-order valence-electron chi connectivity index (χ3n) is 6.53. The van der Waals surface area contributed by atoms with Crippen LogP contribution in [0.25, 0.3) is 0 Å². The number of carbonyl (C=O) groups is 2. The van der Waals surface area contributed by atoms with Gasteiger partial charge in [-0.25, -0.2) is 19.6 Å². The Hall–Kier alpha value is -2.74. The Kier molecular flexibility index (Phi) is 17.0. The first kappa shape index (κ1) is 34.5. The maximum atomic E-state index is 11.3. The van der Waals surface area contributed by atoms with Crippen molar-refractivity contribution in [1.82, 2.24) is 14.8 Å². The Morgan fingerprint density at radius 2 is 1.41 bits per heavy atom. The Bertz CT molecular complexity index is 967. The number of aromatic carboxylic acids is 1. The second-order valence-corrected chi connectivity index (χ2v) is 9.30. The molecule has 41 heavy (non-hydrogen) atoms. The van der Waals surface area contributed by atoms with Crippen LogP contribution in [0.15, 0.2) is 35.0 Å². The average molecular weight is 579 g/mol. The van der Waals surface area contributed by atoms with E-state index in [2.05, 4.69) is 19.8 Å². The molecule has 12 nitrogen and oxygen atoms in total. The Balaban J connectivity index is 0.00000287. The topological polar surface area (TPSA) is 143 Å². The largest absolute Gasteiger partial charge is 0.477 e. The molecule has 2 aliphatic rings. The van der Waals surface area contributed by atoms with E-state index >= 15 is 0 Å². The first-order chi connectivity index (χ1) is 19.9. The summed E-state index contributed by atoms with van der Waals surface area (Å²) in [5.74, 6) is -2.05. The molecule has 1 aromatic heterocycles. The molecule has 0 saturated carbocycles. The second-order valence-electron chi connectivity index (χ2n) is 9.30. The lowest BCUT2D eigenvalue weighted by Crippen LogP contribution is -2.37. The van der Waals surface area contributed by atoms with Crippen LogP contribution in [0, 0.1) is 0 Å². The maximum absolute atomic E-state index is 11.3. The van der Waals surface area contributed by atoms with Gasteiger partial charge < -0.3 is 29.2 Å². The minimum atomic E-state index is -1.05. The molecule has 1 atom stereocenters. The van der Waals surface area contributed by atoms with Crippen molar-refractivity contribution in [3.63, 3.8) is 0 Å². The van der Waals surface area contributed by atoms with Crippen LogP contribution in [-0.4, -0.2) is 128 Å². The van der Waals surface area contributed by atoms with E-state index in [-0.39, 0.29) is 17.4 Å². The van der Waals surface area contributed by atoms with E-state index in [0.717, 1.165) is 12.1 Å². The van der Waals surface area contributed by atoms with Gasteiger partial charge in [0.15, 0.2) is 0 Å². The number of carboxylic acids is 2. The summed E-state index contributed by atoms with van der Waals surface area (Å²) in [5, 5.41) is 18.5. The molecule has 0 amide bonds. The smallest absolute Gasteiger partial charge is 0.354 e. The number of allylic oxidation sites excluding steroid dienone is 1. The van der Waals surface area contributed by atoms with E-state index < -0.39 is 11.9 Å². The van der Waals surface area contributed by atoms with Gasteiger partial charge in [-0.2, -0.15) is 0 Å². The van der Waals surface area contributed by atoms with Crippen LogP contribution in [0.2, 0.25) is 0 Å². The molecule has 0 aromatic carbocycles. The summed E-state index contributed by atoms with van der Waals surface area (Å²) in [7, 11) is 0. The van der Waals surface area contributed by atoms with E-state index in [9.17, 15) is 19.8 Å². The number of ether oxygens (including phenoxy) is 4. The zero-order valence-corrected chi connectivity index (χ0v) is 24.6.